The van der Waals surface area contributed by atoms with E-state index in [0.29, 0.717) is 17.1 Å². The molecule has 1 atom stereocenters. The van der Waals surface area contributed by atoms with Crippen LogP contribution in [0.4, 0.5) is 0 Å². The Morgan fingerprint density at radius 2 is 2.50 bits per heavy atom. The number of amides is 1. The highest BCUT2D eigenvalue weighted by Crippen LogP contribution is 2.02. The van der Waals surface area contributed by atoms with Crippen molar-refractivity contribution in [2.75, 3.05) is 6.54 Å². The van der Waals surface area contributed by atoms with Crippen molar-refractivity contribution < 1.29 is 4.79 Å². The molecule has 1 rings (SSSR count). The first kappa shape index (κ1) is 11.2. The maximum Gasteiger partial charge on any atom is 0.271 e. The van der Waals surface area contributed by atoms with Crippen molar-refractivity contribution in [2.45, 2.75) is 18.2 Å². The quantitative estimate of drug-likeness (QED) is 0.830. The second-order valence-electron chi connectivity index (χ2n) is 3.09. The summed E-state index contributed by atoms with van der Waals surface area (Å²) >= 11 is 3.44. The molecule has 0 aromatic carbocycles. The first-order chi connectivity index (χ1) is 6.63. The smallest absolute Gasteiger partial charge is 0.271 e. The van der Waals surface area contributed by atoms with Gasteiger partial charge >= 0.3 is 0 Å². The van der Waals surface area contributed by atoms with Gasteiger partial charge in [0.2, 0.25) is 0 Å². The third kappa shape index (κ3) is 3.14. The fourth-order valence-corrected chi connectivity index (χ4v) is 1.14. The van der Waals surface area contributed by atoms with Crippen LogP contribution >= 0.6 is 15.9 Å². The van der Waals surface area contributed by atoms with Gasteiger partial charge in [0.05, 0.1) is 0 Å². The Balaban J connectivity index is 2.43. The number of carbonyl (C=O) groups is 1. The van der Waals surface area contributed by atoms with Gasteiger partial charge in [-0.3, -0.25) is 9.48 Å². The Morgan fingerprint density at radius 1 is 1.79 bits per heavy atom. The minimum absolute atomic E-state index is 0.122. The molecule has 14 heavy (non-hydrogen) atoms. The molecule has 1 aromatic heterocycles. The molecule has 5 heteroatoms. The molecule has 1 amide bonds. The average molecular weight is 260 g/mol. The number of carbonyl (C=O) groups excluding carboxylic acids is 1. The topological polar surface area (TPSA) is 46.9 Å². The average Bonchev–Trinajstić information content (AvgIpc) is 2.60. The van der Waals surface area contributed by atoms with Crippen LogP contribution in [0.3, 0.4) is 0 Å². The predicted octanol–water partition coefficient (Wildman–Crippen LogP) is 1.32. The molecule has 0 bridgehead atoms. The normalized spacial score (nSPS) is 12.5. The highest BCUT2D eigenvalue weighted by atomic mass is 79.9. The lowest BCUT2D eigenvalue weighted by Crippen LogP contribution is -2.29. The molecule has 0 saturated carbocycles. The molecule has 78 valence electrons. The molecule has 1 heterocycles. The molecular weight excluding hydrogens is 246 g/mol. The second-order valence-corrected chi connectivity index (χ2v) is 4.39. The minimum atomic E-state index is -0.122. The SMILES string of the molecule is CCC(Br)CNC(=O)c1ccn(C)n1. The highest BCUT2D eigenvalue weighted by Gasteiger charge is 2.09. The summed E-state index contributed by atoms with van der Waals surface area (Å²) in [5.74, 6) is -0.122. The molecule has 1 unspecified atom stereocenters. The lowest BCUT2D eigenvalue weighted by atomic mass is 10.3. The first-order valence-corrected chi connectivity index (χ1v) is 5.47. The summed E-state index contributed by atoms with van der Waals surface area (Å²) in [6.07, 6.45) is 2.74. The van der Waals surface area contributed by atoms with Crippen LogP contribution in [0, 0.1) is 0 Å². The number of aryl methyl sites for hydroxylation is 1. The zero-order valence-corrected chi connectivity index (χ0v) is 9.91. The number of alkyl halides is 1. The zero-order valence-electron chi connectivity index (χ0n) is 8.33. The molecule has 4 nitrogen and oxygen atoms in total. The fourth-order valence-electron chi connectivity index (χ4n) is 0.975. The zero-order chi connectivity index (χ0) is 10.6. The van der Waals surface area contributed by atoms with Crippen LogP contribution in [-0.4, -0.2) is 27.1 Å². The number of halogens is 1. The van der Waals surface area contributed by atoms with Crippen molar-refractivity contribution in [3.8, 4) is 0 Å². The van der Waals surface area contributed by atoms with Crippen molar-refractivity contribution in [1.29, 1.82) is 0 Å². The Kier molecular flexibility index (Phi) is 4.13. The van der Waals surface area contributed by atoms with Gasteiger partial charge in [0.15, 0.2) is 0 Å². The standard InChI is InChI=1S/C9H14BrN3O/c1-3-7(10)6-11-9(14)8-4-5-13(2)12-8/h4-5,7H,3,6H2,1-2H3,(H,11,14). The van der Waals surface area contributed by atoms with E-state index >= 15 is 0 Å². The summed E-state index contributed by atoms with van der Waals surface area (Å²) < 4.78 is 1.61. The lowest BCUT2D eigenvalue weighted by molar-refractivity contribution is 0.0948. The number of hydrogen-bond donors (Lipinski definition) is 1. The Morgan fingerprint density at radius 3 is 3.00 bits per heavy atom. The van der Waals surface area contributed by atoms with Crippen LogP contribution in [0.15, 0.2) is 12.3 Å². The molecule has 1 N–H and O–H groups in total. The van der Waals surface area contributed by atoms with Crippen LogP contribution in [-0.2, 0) is 7.05 Å². The minimum Gasteiger partial charge on any atom is -0.350 e. The van der Waals surface area contributed by atoms with Gasteiger partial charge in [-0.2, -0.15) is 5.10 Å². The third-order valence-corrected chi connectivity index (χ3v) is 2.84. The van der Waals surface area contributed by atoms with E-state index in [2.05, 4.69) is 33.3 Å². The van der Waals surface area contributed by atoms with Crippen molar-refractivity contribution in [3.05, 3.63) is 18.0 Å². The summed E-state index contributed by atoms with van der Waals surface area (Å²) in [6.45, 7) is 2.69. The van der Waals surface area contributed by atoms with Gasteiger partial charge < -0.3 is 5.32 Å². The van der Waals surface area contributed by atoms with Gasteiger partial charge in [0, 0.05) is 24.6 Å². The molecule has 0 aliphatic rings. The molecule has 0 spiro atoms. The van der Waals surface area contributed by atoms with Crippen LogP contribution in [0.1, 0.15) is 23.8 Å². The molecule has 0 saturated heterocycles. The monoisotopic (exact) mass is 259 g/mol. The van der Waals surface area contributed by atoms with Gasteiger partial charge in [-0.1, -0.05) is 22.9 Å². The molecule has 0 fully saturated rings. The Labute approximate surface area is 91.8 Å². The summed E-state index contributed by atoms with van der Waals surface area (Å²) in [5.41, 5.74) is 0.461. The van der Waals surface area contributed by atoms with Crippen LogP contribution in [0.25, 0.3) is 0 Å². The van der Waals surface area contributed by atoms with E-state index in [1.54, 1.807) is 24.0 Å². The van der Waals surface area contributed by atoms with E-state index in [1.165, 1.54) is 0 Å². The van der Waals surface area contributed by atoms with E-state index in [1.807, 2.05) is 0 Å². The van der Waals surface area contributed by atoms with Gasteiger partial charge in [-0.25, -0.2) is 0 Å². The van der Waals surface area contributed by atoms with Gasteiger partial charge in [-0.05, 0) is 12.5 Å². The van der Waals surface area contributed by atoms with Gasteiger partial charge in [0.1, 0.15) is 5.69 Å². The second kappa shape index (κ2) is 5.14. The summed E-state index contributed by atoms with van der Waals surface area (Å²) in [4.78, 5) is 11.8. The number of rotatable bonds is 4. The number of aromatic nitrogens is 2. The largest absolute Gasteiger partial charge is 0.350 e. The van der Waals surface area contributed by atoms with Crippen molar-refractivity contribution in [1.82, 2.24) is 15.1 Å². The van der Waals surface area contributed by atoms with E-state index in [4.69, 9.17) is 0 Å². The Bertz CT molecular complexity index is 311. The van der Waals surface area contributed by atoms with E-state index in [-0.39, 0.29) is 5.91 Å². The molecule has 0 radical (unpaired) electrons. The number of hydrogen-bond acceptors (Lipinski definition) is 2. The summed E-state index contributed by atoms with van der Waals surface area (Å²) in [5, 5.41) is 6.81. The highest BCUT2D eigenvalue weighted by molar-refractivity contribution is 9.09. The van der Waals surface area contributed by atoms with E-state index in [0.717, 1.165) is 6.42 Å². The number of nitrogens with zero attached hydrogens (tertiary/aromatic N) is 2. The van der Waals surface area contributed by atoms with Crippen LogP contribution in [0.5, 0.6) is 0 Å². The maximum atomic E-state index is 11.5. The van der Waals surface area contributed by atoms with Crippen LogP contribution < -0.4 is 5.32 Å². The van der Waals surface area contributed by atoms with Crippen molar-refractivity contribution in [2.24, 2.45) is 7.05 Å². The molecule has 0 aliphatic carbocycles. The molecule has 0 aliphatic heterocycles. The fraction of sp³-hybridized carbons (Fsp3) is 0.556. The van der Waals surface area contributed by atoms with Gasteiger partial charge in [-0.15, -0.1) is 0 Å². The first-order valence-electron chi connectivity index (χ1n) is 4.55. The number of nitrogens with one attached hydrogen (secondary N) is 1. The van der Waals surface area contributed by atoms with E-state index in [9.17, 15) is 4.79 Å². The summed E-state index contributed by atoms with van der Waals surface area (Å²) in [6, 6.07) is 1.70. The summed E-state index contributed by atoms with van der Waals surface area (Å²) in [7, 11) is 1.79. The maximum absolute atomic E-state index is 11.5. The van der Waals surface area contributed by atoms with E-state index < -0.39 is 0 Å². The molecular formula is C9H14BrN3O. The van der Waals surface area contributed by atoms with Crippen molar-refractivity contribution >= 4 is 21.8 Å². The third-order valence-electron chi connectivity index (χ3n) is 1.87. The molecule has 1 aromatic rings. The predicted molar refractivity (Wildman–Crippen MR) is 58.5 cm³/mol. The Hall–Kier alpha value is -0.840. The van der Waals surface area contributed by atoms with Gasteiger partial charge in [0.25, 0.3) is 5.91 Å². The van der Waals surface area contributed by atoms with Crippen LogP contribution in [0.2, 0.25) is 0 Å². The lowest BCUT2D eigenvalue weighted by Gasteiger charge is -2.06. The van der Waals surface area contributed by atoms with Crippen molar-refractivity contribution in [3.63, 3.8) is 0 Å².